The first-order valence-corrected chi connectivity index (χ1v) is 6.62. The summed E-state index contributed by atoms with van der Waals surface area (Å²) in [5.74, 6) is 3.36. The molecule has 1 heterocycles. The molecule has 2 rings (SSSR count). The minimum atomic E-state index is 0.141. The van der Waals surface area contributed by atoms with E-state index in [9.17, 15) is 0 Å². The van der Waals surface area contributed by atoms with E-state index in [-0.39, 0.29) is 6.04 Å². The standard InChI is InChI=1S/C16H21NO3/c1-11-5-7-14(20-11)13(17-2)9-12-6-8-15(18-3)16(10-12)19-4/h5-8,10,13,17H,9H2,1-4H3. The number of hydrogen-bond acceptors (Lipinski definition) is 4. The van der Waals surface area contributed by atoms with Crippen LogP contribution in [0.3, 0.4) is 0 Å². The van der Waals surface area contributed by atoms with Crippen LogP contribution in [0.2, 0.25) is 0 Å². The molecule has 0 aliphatic carbocycles. The third-order valence-electron chi connectivity index (χ3n) is 3.34. The molecule has 20 heavy (non-hydrogen) atoms. The summed E-state index contributed by atoms with van der Waals surface area (Å²) >= 11 is 0. The topological polar surface area (TPSA) is 43.6 Å². The lowest BCUT2D eigenvalue weighted by atomic mass is 10.0. The Balaban J connectivity index is 2.19. The van der Waals surface area contributed by atoms with E-state index in [0.29, 0.717) is 0 Å². The number of likely N-dealkylation sites (N-methyl/N-ethyl adjacent to an activating group) is 1. The van der Waals surface area contributed by atoms with Gasteiger partial charge in [0, 0.05) is 0 Å². The molecule has 1 aromatic heterocycles. The first kappa shape index (κ1) is 14.5. The molecule has 0 aliphatic heterocycles. The smallest absolute Gasteiger partial charge is 0.160 e. The zero-order valence-corrected chi connectivity index (χ0v) is 12.4. The van der Waals surface area contributed by atoms with Gasteiger partial charge in [-0.05, 0) is 50.2 Å². The molecular weight excluding hydrogens is 254 g/mol. The summed E-state index contributed by atoms with van der Waals surface area (Å²) in [4.78, 5) is 0. The van der Waals surface area contributed by atoms with Crippen LogP contribution in [-0.4, -0.2) is 21.3 Å². The van der Waals surface area contributed by atoms with Crippen LogP contribution in [0.5, 0.6) is 11.5 Å². The summed E-state index contributed by atoms with van der Waals surface area (Å²) in [6.45, 7) is 1.95. The largest absolute Gasteiger partial charge is 0.493 e. The van der Waals surface area contributed by atoms with Crippen LogP contribution < -0.4 is 14.8 Å². The van der Waals surface area contributed by atoms with E-state index in [2.05, 4.69) is 5.32 Å². The van der Waals surface area contributed by atoms with Crippen molar-refractivity contribution < 1.29 is 13.9 Å². The molecule has 0 bridgehead atoms. The molecule has 0 spiro atoms. The van der Waals surface area contributed by atoms with E-state index in [1.807, 2.05) is 44.3 Å². The summed E-state index contributed by atoms with van der Waals surface area (Å²) in [7, 11) is 5.22. The van der Waals surface area contributed by atoms with E-state index >= 15 is 0 Å². The zero-order valence-electron chi connectivity index (χ0n) is 12.4. The molecule has 0 saturated heterocycles. The number of ether oxygens (including phenoxy) is 2. The normalized spacial score (nSPS) is 12.2. The molecule has 1 unspecified atom stereocenters. The molecule has 4 heteroatoms. The number of rotatable bonds is 6. The Morgan fingerprint density at radius 2 is 1.85 bits per heavy atom. The van der Waals surface area contributed by atoms with Gasteiger partial charge in [-0.3, -0.25) is 0 Å². The molecular formula is C16H21NO3. The number of aryl methyl sites for hydroxylation is 1. The maximum atomic E-state index is 5.69. The Morgan fingerprint density at radius 1 is 1.10 bits per heavy atom. The number of hydrogen-bond donors (Lipinski definition) is 1. The first-order chi connectivity index (χ1) is 9.67. The van der Waals surface area contributed by atoms with E-state index in [0.717, 1.165) is 35.0 Å². The fraction of sp³-hybridized carbons (Fsp3) is 0.375. The predicted octanol–water partition coefficient (Wildman–Crippen LogP) is 3.11. The fourth-order valence-electron chi connectivity index (χ4n) is 2.23. The maximum absolute atomic E-state index is 5.69. The van der Waals surface area contributed by atoms with Crippen molar-refractivity contribution >= 4 is 0 Å². The second kappa shape index (κ2) is 6.48. The third kappa shape index (κ3) is 3.14. The Kier molecular flexibility index (Phi) is 4.69. The highest BCUT2D eigenvalue weighted by Crippen LogP contribution is 2.29. The van der Waals surface area contributed by atoms with Crippen LogP contribution >= 0.6 is 0 Å². The molecule has 0 amide bonds. The number of benzene rings is 1. The van der Waals surface area contributed by atoms with E-state index in [1.165, 1.54) is 0 Å². The first-order valence-electron chi connectivity index (χ1n) is 6.62. The summed E-state index contributed by atoms with van der Waals surface area (Å²) in [6.07, 6.45) is 0.823. The Bertz CT molecular complexity index is 563. The van der Waals surface area contributed by atoms with Crippen LogP contribution in [0.4, 0.5) is 0 Å². The van der Waals surface area contributed by atoms with Gasteiger partial charge < -0.3 is 19.2 Å². The second-order valence-electron chi connectivity index (χ2n) is 4.68. The van der Waals surface area contributed by atoms with Crippen molar-refractivity contribution in [1.29, 1.82) is 0 Å². The summed E-state index contributed by atoms with van der Waals surface area (Å²) in [6, 6.07) is 10.1. The SMILES string of the molecule is CNC(Cc1ccc(OC)c(OC)c1)c1ccc(C)o1. The quantitative estimate of drug-likeness (QED) is 0.879. The number of furan rings is 1. The van der Waals surface area contributed by atoms with E-state index < -0.39 is 0 Å². The fourth-order valence-corrected chi connectivity index (χ4v) is 2.23. The molecule has 0 saturated carbocycles. The van der Waals surface area contributed by atoms with Crippen molar-refractivity contribution in [2.45, 2.75) is 19.4 Å². The highest BCUT2D eigenvalue weighted by molar-refractivity contribution is 5.43. The lowest BCUT2D eigenvalue weighted by Gasteiger charge is -2.15. The van der Waals surface area contributed by atoms with Gasteiger partial charge in [0.25, 0.3) is 0 Å². The number of methoxy groups -OCH3 is 2. The predicted molar refractivity (Wildman–Crippen MR) is 78.5 cm³/mol. The van der Waals surface area contributed by atoms with Gasteiger partial charge in [-0.2, -0.15) is 0 Å². The Hall–Kier alpha value is -1.94. The minimum Gasteiger partial charge on any atom is -0.493 e. The van der Waals surface area contributed by atoms with Gasteiger partial charge in [0.05, 0.1) is 20.3 Å². The van der Waals surface area contributed by atoms with E-state index in [4.69, 9.17) is 13.9 Å². The third-order valence-corrected chi connectivity index (χ3v) is 3.34. The van der Waals surface area contributed by atoms with Crippen molar-refractivity contribution in [3.63, 3.8) is 0 Å². The van der Waals surface area contributed by atoms with Crippen molar-refractivity contribution in [1.82, 2.24) is 5.32 Å². The van der Waals surface area contributed by atoms with Crippen LogP contribution in [-0.2, 0) is 6.42 Å². The van der Waals surface area contributed by atoms with Crippen LogP contribution in [0.25, 0.3) is 0 Å². The molecule has 2 aromatic rings. The lowest BCUT2D eigenvalue weighted by molar-refractivity contribution is 0.354. The van der Waals surface area contributed by atoms with Gasteiger partial charge in [0.15, 0.2) is 11.5 Å². The number of nitrogens with one attached hydrogen (secondary N) is 1. The summed E-state index contributed by atoms with van der Waals surface area (Å²) < 4.78 is 16.3. The van der Waals surface area contributed by atoms with Crippen molar-refractivity contribution in [3.8, 4) is 11.5 Å². The van der Waals surface area contributed by atoms with Gasteiger partial charge in [-0.15, -0.1) is 0 Å². The molecule has 1 atom stereocenters. The molecule has 0 fully saturated rings. The highest BCUT2D eigenvalue weighted by Gasteiger charge is 2.15. The van der Waals surface area contributed by atoms with Crippen molar-refractivity contribution in [2.24, 2.45) is 0 Å². The molecule has 0 aliphatic rings. The van der Waals surface area contributed by atoms with Gasteiger partial charge in [0.2, 0.25) is 0 Å². The van der Waals surface area contributed by atoms with Crippen LogP contribution in [0.1, 0.15) is 23.1 Å². The second-order valence-corrected chi connectivity index (χ2v) is 4.68. The lowest BCUT2D eigenvalue weighted by Crippen LogP contribution is -2.18. The average molecular weight is 275 g/mol. The molecule has 1 N–H and O–H groups in total. The Labute approximate surface area is 119 Å². The monoisotopic (exact) mass is 275 g/mol. The van der Waals surface area contributed by atoms with Gasteiger partial charge in [-0.1, -0.05) is 6.07 Å². The minimum absolute atomic E-state index is 0.141. The van der Waals surface area contributed by atoms with Crippen LogP contribution in [0.15, 0.2) is 34.7 Å². The molecule has 108 valence electrons. The van der Waals surface area contributed by atoms with Gasteiger partial charge in [-0.25, -0.2) is 0 Å². The highest BCUT2D eigenvalue weighted by atomic mass is 16.5. The maximum Gasteiger partial charge on any atom is 0.160 e. The van der Waals surface area contributed by atoms with Gasteiger partial charge >= 0.3 is 0 Å². The van der Waals surface area contributed by atoms with Crippen LogP contribution in [0, 0.1) is 6.92 Å². The molecule has 1 aromatic carbocycles. The molecule has 0 radical (unpaired) electrons. The average Bonchev–Trinajstić information content (AvgIpc) is 2.90. The molecule has 4 nitrogen and oxygen atoms in total. The zero-order chi connectivity index (χ0) is 14.5. The van der Waals surface area contributed by atoms with E-state index in [1.54, 1.807) is 14.2 Å². The van der Waals surface area contributed by atoms with Crippen molar-refractivity contribution in [3.05, 3.63) is 47.4 Å². The Morgan fingerprint density at radius 3 is 2.40 bits per heavy atom. The summed E-state index contributed by atoms with van der Waals surface area (Å²) in [5, 5.41) is 3.28. The van der Waals surface area contributed by atoms with Crippen molar-refractivity contribution in [2.75, 3.05) is 21.3 Å². The summed E-state index contributed by atoms with van der Waals surface area (Å²) in [5.41, 5.74) is 1.16. The van der Waals surface area contributed by atoms with Gasteiger partial charge in [0.1, 0.15) is 11.5 Å².